The van der Waals surface area contributed by atoms with Gasteiger partial charge in [0.1, 0.15) is 19.1 Å². The van der Waals surface area contributed by atoms with Gasteiger partial charge in [0.05, 0.1) is 0 Å². The number of nitrogens with zero attached hydrogens (tertiary/aromatic N) is 2. The Balaban J connectivity index is 0.00000153. The average molecular weight is 434 g/mol. The van der Waals surface area contributed by atoms with Gasteiger partial charge in [-0.15, -0.1) is 0 Å². The van der Waals surface area contributed by atoms with Gasteiger partial charge in [-0.25, -0.2) is 4.98 Å². The van der Waals surface area contributed by atoms with Crippen molar-refractivity contribution in [3.05, 3.63) is 150 Å². The predicted octanol–water partition coefficient (Wildman–Crippen LogP) is 2.86. The molecule has 0 saturated heterocycles. The van der Waals surface area contributed by atoms with Crippen molar-refractivity contribution in [1.82, 2.24) is 9.55 Å². The van der Waals surface area contributed by atoms with E-state index in [0.29, 0.717) is 0 Å². The number of para-hydroxylation sites is 1. The third-order valence-electron chi connectivity index (χ3n) is 5.97. The van der Waals surface area contributed by atoms with Crippen LogP contribution < -0.4 is 5.46 Å². The zero-order valence-electron chi connectivity index (χ0n) is 18.5. The summed E-state index contributed by atoms with van der Waals surface area (Å²) in [6.07, 6.45) is 3.98. The van der Waals surface area contributed by atoms with E-state index < -0.39 is 5.41 Å². The quantitative estimate of drug-likeness (QED) is 0.309. The number of hydrogen-bond acceptors (Lipinski definition) is 1. The lowest BCUT2D eigenvalue weighted by Gasteiger charge is -2.36. The second-order valence-electron chi connectivity index (χ2n) is 7.76. The predicted molar refractivity (Wildman–Crippen MR) is 137 cm³/mol. The van der Waals surface area contributed by atoms with Crippen LogP contribution in [0.3, 0.4) is 0 Å². The standard InChI is InChI=1S/C28H23BN2.2H2O/c29-25-18-10-11-19-26(25)31-21-20-30-27(31)28(22-12-4-1-5-13-22,23-14-6-2-7-15-23)24-16-8-3-9-17-24;;/h1-21H,29H2;2*1H2. The van der Waals surface area contributed by atoms with Gasteiger partial charge in [-0.2, -0.15) is 0 Å². The van der Waals surface area contributed by atoms with E-state index in [1.54, 1.807) is 0 Å². The molecule has 0 spiro atoms. The van der Waals surface area contributed by atoms with Crippen molar-refractivity contribution in [3.63, 3.8) is 0 Å². The fraction of sp³-hybridized carbons (Fsp3) is 0.0357. The van der Waals surface area contributed by atoms with E-state index in [9.17, 15) is 0 Å². The zero-order chi connectivity index (χ0) is 21.1. The highest BCUT2D eigenvalue weighted by Gasteiger charge is 2.42. The van der Waals surface area contributed by atoms with Crippen LogP contribution >= 0.6 is 0 Å². The number of hydrogen-bond donors (Lipinski definition) is 0. The SMILES string of the molecule is Bc1ccccc1-n1ccnc1C(c1ccccc1)(c1ccccc1)c1ccccc1.O.O. The molecule has 4 aromatic carbocycles. The lowest BCUT2D eigenvalue weighted by molar-refractivity contribution is 0.665. The average Bonchev–Trinajstić information content (AvgIpc) is 3.32. The molecule has 5 aromatic rings. The van der Waals surface area contributed by atoms with Crippen LogP contribution in [0.5, 0.6) is 0 Å². The Bertz CT molecular complexity index is 1190. The van der Waals surface area contributed by atoms with Gasteiger partial charge < -0.3 is 15.5 Å². The highest BCUT2D eigenvalue weighted by atomic mass is 16.0. The molecule has 33 heavy (non-hydrogen) atoms. The first kappa shape index (κ1) is 23.7. The zero-order valence-corrected chi connectivity index (χ0v) is 18.5. The van der Waals surface area contributed by atoms with E-state index in [4.69, 9.17) is 4.98 Å². The molecule has 0 unspecified atom stereocenters. The van der Waals surface area contributed by atoms with Crippen LogP contribution in [0.4, 0.5) is 0 Å². The molecule has 1 heterocycles. The van der Waals surface area contributed by atoms with Crippen LogP contribution in [0.1, 0.15) is 22.5 Å². The fourth-order valence-electron chi connectivity index (χ4n) is 4.56. The summed E-state index contributed by atoms with van der Waals surface area (Å²) in [5.41, 5.74) is 5.36. The summed E-state index contributed by atoms with van der Waals surface area (Å²) in [5, 5.41) is 0. The molecular weight excluding hydrogens is 407 g/mol. The smallest absolute Gasteiger partial charge is 0.142 e. The van der Waals surface area contributed by atoms with Crippen LogP contribution in [-0.4, -0.2) is 28.3 Å². The molecule has 164 valence electrons. The highest BCUT2D eigenvalue weighted by molar-refractivity contribution is 6.34. The van der Waals surface area contributed by atoms with Crippen molar-refractivity contribution in [2.45, 2.75) is 5.41 Å². The minimum atomic E-state index is -0.560. The monoisotopic (exact) mass is 434 g/mol. The number of aromatic nitrogens is 2. The minimum absolute atomic E-state index is 0. The minimum Gasteiger partial charge on any atom is -0.412 e. The lowest BCUT2D eigenvalue weighted by atomic mass is 9.68. The van der Waals surface area contributed by atoms with Gasteiger partial charge in [0.15, 0.2) is 0 Å². The second-order valence-corrected chi connectivity index (χ2v) is 7.76. The molecule has 5 heteroatoms. The van der Waals surface area contributed by atoms with Gasteiger partial charge in [-0.1, -0.05) is 115 Å². The van der Waals surface area contributed by atoms with Crippen molar-refractivity contribution in [1.29, 1.82) is 0 Å². The molecule has 0 radical (unpaired) electrons. The molecule has 0 aliphatic heterocycles. The van der Waals surface area contributed by atoms with Crippen LogP contribution in [0, 0.1) is 0 Å². The first-order valence-electron chi connectivity index (χ1n) is 10.6. The number of rotatable bonds is 5. The van der Waals surface area contributed by atoms with Crippen LogP contribution in [-0.2, 0) is 5.41 Å². The molecule has 0 fully saturated rings. The summed E-state index contributed by atoms with van der Waals surface area (Å²) in [4.78, 5) is 5.00. The van der Waals surface area contributed by atoms with Crippen molar-refractivity contribution >= 4 is 13.3 Å². The summed E-state index contributed by atoms with van der Waals surface area (Å²) in [5.74, 6) is 0.977. The van der Waals surface area contributed by atoms with Gasteiger partial charge >= 0.3 is 0 Å². The Morgan fingerprint density at radius 2 is 1.00 bits per heavy atom. The molecule has 0 bridgehead atoms. The normalized spacial score (nSPS) is 10.7. The number of imidazole rings is 1. The fourth-order valence-corrected chi connectivity index (χ4v) is 4.56. The van der Waals surface area contributed by atoms with E-state index in [0.717, 1.165) is 11.5 Å². The van der Waals surface area contributed by atoms with Crippen molar-refractivity contribution in [2.24, 2.45) is 0 Å². The third-order valence-corrected chi connectivity index (χ3v) is 5.97. The summed E-state index contributed by atoms with van der Waals surface area (Å²) in [6.45, 7) is 0. The maximum atomic E-state index is 5.00. The van der Waals surface area contributed by atoms with E-state index in [-0.39, 0.29) is 11.0 Å². The topological polar surface area (TPSA) is 80.8 Å². The van der Waals surface area contributed by atoms with Gasteiger partial charge in [0.25, 0.3) is 0 Å². The first-order chi connectivity index (χ1) is 15.3. The van der Waals surface area contributed by atoms with Crippen molar-refractivity contribution < 1.29 is 11.0 Å². The summed E-state index contributed by atoms with van der Waals surface area (Å²) >= 11 is 0. The molecule has 5 rings (SSSR count). The summed E-state index contributed by atoms with van der Waals surface area (Å²) < 4.78 is 2.24. The molecule has 0 saturated carbocycles. The van der Waals surface area contributed by atoms with E-state index >= 15 is 0 Å². The third kappa shape index (κ3) is 4.00. The van der Waals surface area contributed by atoms with Gasteiger partial charge in [-0.3, -0.25) is 0 Å². The first-order valence-corrected chi connectivity index (χ1v) is 10.6. The van der Waals surface area contributed by atoms with Crippen LogP contribution in [0.25, 0.3) is 5.69 Å². The molecule has 0 aliphatic rings. The Morgan fingerprint density at radius 3 is 1.45 bits per heavy atom. The maximum absolute atomic E-state index is 5.00. The van der Waals surface area contributed by atoms with E-state index in [2.05, 4.69) is 134 Å². The molecule has 4 nitrogen and oxygen atoms in total. The van der Waals surface area contributed by atoms with E-state index in [1.807, 2.05) is 6.20 Å². The van der Waals surface area contributed by atoms with Crippen molar-refractivity contribution in [3.8, 4) is 5.69 Å². The highest BCUT2D eigenvalue weighted by Crippen LogP contribution is 2.44. The van der Waals surface area contributed by atoms with Gasteiger partial charge in [-0.05, 0) is 22.8 Å². The molecular formula is C28H27BN2O2. The number of benzene rings is 4. The van der Waals surface area contributed by atoms with Crippen LogP contribution in [0.15, 0.2) is 128 Å². The lowest BCUT2D eigenvalue weighted by Crippen LogP contribution is -2.34. The molecule has 0 aliphatic carbocycles. The van der Waals surface area contributed by atoms with Crippen molar-refractivity contribution in [2.75, 3.05) is 0 Å². The summed E-state index contributed by atoms with van der Waals surface area (Å²) in [7, 11) is 2.15. The summed E-state index contributed by atoms with van der Waals surface area (Å²) in [6, 6.07) is 40.6. The van der Waals surface area contributed by atoms with Gasteiger partial charge in [0.2, 0.25) is 0 Å². The molecule has 0 atom stereocenters. The Morgan fingerprint density at radius 1 is 0.576 bits per heavy atom. The van der Waals surface area contributed by atoms with Gasteiger partial charge in [0, 0.05) is 18.1 Å². The molecule has 1 aromatic heterocycles. The Hall–Kier alpha value is -3.93. The Kier molecular flexibility index (Phi) is 7.28. The largest absolute Gasteiger partial charge is 0.412 e. The maximum Gasteiger partial charge on any atom is 0.142 e. The second kappa shape index (κ2) is 10.1. The van der Waals surface area contributed by atoms with Crippen LogP contribution in [0.2, 0.25) is 0 Å². The van der Waals surface area contributed by atoms with E-state index in [1.165, 1.54) is 22.2 Å². The molecule has 0 amide bonds. The Labute approximate surface area is 195 Å². The molecule has 4 N–H and O–H groups in total.